The summed E-state index contributed by atoms with van der Waals surface area (Å²) in [6.07, 6.45) is 5.41. The molecule has 1 unspecified atom stereocenters. The van der Waals surface area contributed by atoms with Crippen LogP contribution in [0.1, 0.15) is 38.5 Å². The summed E-state index contributed by atoms with van der Waals surface area (Å²) in [6, 6.07) is 0.156. The molecule has 2 N–H and O–H groups in total. The van der Waals surface area contributed by atoms with Crippen LogP contribution in [0.2, 0.25) is 0 Å². The van der Waals surface area contributed by atoms with Gasteiger partial charge in [-0.1, -0.05) is 12.8 Å². The molecule has 0 aromatic heterocycles. The molecular weight excluding hydrogens is 226 g/mol. The lowest BCUT2D eigenvalue weighted by Crippen LogP contribution is -2.50. The van der Waals surface area contributed by atoms with Gasteiger partial charge in [0.15, 0.2) is 9.84 Å². The normalized spacial score (nSPS) is 39.4. The first-order valence-electron chi connectivity index (χ1n) is 6.21. The molecule has 2 aliphatic rings. The van der Waals surface area contributed by atoms with Crippen molar-refractivity contribution in [2.45, 2.75) is 56.7 Å². The van der Waals surface area contributed by atoms with Crippen molar-refractivity contribution in [2.75, 3.05) is 11.5 Å². The van der Waals surface area contributed by atoms with Gasteiger partial charge in [0.1, 0.15) is 0 Å². The minimum Gasteiger partial charge on any atom is -0.392 e. The van der Waals surface area contributed by atoms with E-state index in [0.717, 1.165) is 38.5 Å². The number of nitrogens with one attached hydrogen (secondary N) is 1. The molecule has 1 heterocycles. The third-order valence-electron chi connectivity index (χ3n) is 3.64. The van der Waals surface area contributed by atoms with Crippen molar-refractivity contribution in [1.82, 2.24) is 5.32 Å². The van der Waals surface area contributed by atoms with Gasteiger partial charge in [-0.25, -0.2) is 8.42 Å². The number of hydrogen-bond donors (Lipinski definition) is 2. The maximum absolute atomic E-state index is 11.5. The van der Waals surface area contributed by atoms with Crippen LogP contribution >= 0.6 is 0 Å². The second-order valence-corrected chi connectivity index (χ2v) is 7.31. The number of aliphatic hydroxyl groups excluding tert-OH is 1. The first kappa shape index (κ1) is 12.3. The zero-order chi connectivity index (χ0) is 11.6. The molecule has 16 heavy (non-hydrogen) atoms. The van der Waals surface area contributed by atoms with E-state index in [0.29, 0.717) is 5.75 Å². The maximum atomic E-state index is 11.5. The molecule has 2 rings (SSSR count). The summed E-state index contributed by atoms with van der Waals surface area (Å²) in [6.45, 7) is 0. The van der Waals surface area contributed by atoms with Crippen molar-refractivity contribution in [3.05, 3.63) is 0 Å². The van der Waals surface area contributed by atoms with Gasteiger partial charge < -0.3 is 10.4 Å². The first-order valence-corrected chi connectivity index (χ1v) is 8.03. The van der Waals surface area contributed by atoms with E-state index in [1.807, 2.05) is 0 Å². The van der Waals surface area contributed by atoms with E-state index in [2.05, 4.69) is 5.32 Å². The lowest BCUT2D eigenvalue weighted by Gasteiger charge is -2.33. The van der Waals surface area contributed by atoms with Gasteiger partial charge >= 0.3 is 0 Å². The number of aliphatic hydroxyl groups is 1. The Labute approximate surface area is 97.3 Å². The highest BCUT2D eigenvalue weighted by molar-refractivity contribution is 7.91. The van der Waals surface area contributed by atoms with Gasteiger partial charge in [0, 0.05) is 12.1 Å². The number of hydrogen-bond acceptors (Lipinski definition) is 4. The van der Waals surface area contributed by atoms with Crippen molar-refractivity contribution in [3.63, 3.8) is 0 Å². The Morgan fingerprint density at radius 1 is 1.06 bits per heavy atom. The molecule has 1 saturated heterocycles. The summed E-state index contributed by atoms with van der Waals surface area (Å²) in [7, 11) is -2.84. The average molecular weight is 247 g/mol. The Morgan fingerprint density at radius 3 is 2.50 bits per heavy atom. The molecule has 3 atom stereocenters. The highest BCUT2D eigenvalue weighted by Crippen LogP contribution is 2.21. The monoisotopic (exact) mass is 247 g/mol. The molecule has 2 fully saturated rings. The molecule has 0 bridgehead atoms. The van der Waals surface area contributed by atoms with E-state index in [9.17, 15) is 13.5 Å². The Kier molecular flexibility index (Phi) is 3.87. The minimum absolute atomic E-state index is 0.0523. The van der Waals surface area contributed by atoms with Crippen LogP contribution in [0.4, 0.5) is 0 Å². The Bertz CT molecular complexity index is 328. The van der Waals surface area contributed by atoms with Crippen LogP contribution in [0, 0.1) is 0 Å². The molecular formula is C11H21NO3S. The fourth-order valence-electron chi connectivity index (χ4n) is 2.76. The summed E-state index contributed by atoms with van der Waals surface area (Å²) in [5.74, 6) is 0.578. The minimum atomic E-state index is -2.84. The molecule has 4 nitrogen and oxygen atoms in total. The lowest BCUT2D eigenvalue weighted by molar-refractivity contribution is 0.0852. The maximum Gasteiger partial charge on any atom is 0.151 e. The SMILES string of the molecule is O=S1(=O)CCCC(N[C@H]2CCCC[C@@H]2O)C1. The topological polar surface area (TPSA) is 66.4 Å². The number of rotatable bonds is 2. The fraction of sp³-hybridized carbons (Fsp3) is 1.00. The standard InChI is InChI=1S/C11H21NO3S/c13-11-6-2-1-5-10(11)12-9-4-3-7-16(14,15)8-9/h9-13H,1-8H2/t9?,10-,11-/m0/s1. The van der Waals surface area contributed by atoms with E-state index < -0.39 is 9.84 Å². The van der Waals surface area contributed by atoms with E-state index >= 15 is 0 Å². The predicted octanol–water partition coefficient (Wildman–Crippen LogP) is 0.457. The summed E-state index contributed by atoms with van der Waals surface area (Å²) in [5, 5.41) is 13.2. The largest absolute Gasteiger partial charge is 0.392 e. The van der Waals surface area contributed by atoms with Crippen LogP contribution in [-0.4, -0.2) is 43.2 Å². The average Bonchev–Trinajstić information content (AvgIpc) is 2.20. The lowest BCUT2D eigenvalue weighted by atomic mass is 9.92. The van der Waals surface area contributed by atoms with Gasteiger partial charge in [0.2, 0.25) is 0 Å². The first-order chi connectivity index (χ1) is 7.57. The van der Waals surface area contributed by atoms with E-state index in [4.69, 9.17) is 0 Å². The summed E-state index contributed by atoms with van der Waals surface area (Å²) in [4.78, 5) is 0. The van der Waals surface area contributed by atoms with Crippen LogP contribution < -0.4 is 5.32 Å². The van der Waals surface area contributed by atoms with Gasteiger partial charge in [-0.3, -0.25) is 0 Å². The summed E-state index contributed by atoms with van der Waals surface area (Å²) >= 11 is 0. The van der Waals surface area contributed by atoms with Crippen LogP contribution in [0.3, 0.4) is 0 Å². The Balaban J connectivity index is 1.88. The molecule has 0 radical (unpaired) electrons. The molecule has 0 aromatic rings. The van der Waals surface area contributed by atoms with Gasteiger partial charge in [-0.05, 0) is 25.7 Å². The third kappa shape index (κ3) is 3.18. The van der Waals surface area contributed by atoms with Crippen LogP contribution in [0.25, 0.3) is 0 Å². The third-order valence-corrected chi connectivity index (χ3v) is 5.46. The van der Waals surface area contributed by atoms with Crippen molar-refractivity contribution >= 4 is 9.84 Å². The second-order valence-electron chi connectivity index (χ2n) is 5.08. The molecule has 1 saturated carbocycles. The molecule has 5 heteroatoms. The molecule has 94 valence electrons. The van der Waals surface area contributed by atoms with Crippen molar-refractivity contribution < 1.29 is 13.5 Å². The summed E-state index contributed by atoms with van der Waals surface area (Å²) < 4.78 is 23.0. The van der Waals surface area contributed by atoms with Crippen molar-refractivity contribution in [2.24, 2.45) is 0 Å². The van der Waals surface area contributed by atoms with Gasteiger partial charge in [0.25, 0.3) is 0 Å². The smallest absolute Gasteiger partial charge is 0.151 e. The molecule has 0 aromatic carbocycles. The van der Waals surface area contributed by atoms with Gasteiger partial charge in [-0.2, -0.15) is 0 Å². The van der Waals surface area contributed by atoms with E-state index in [-0.39, 0.29) is 23.9 Å². The van der Waals surface area contributed by atoms with Crippen LogP contribution in [0.15, 0.2) is 0 Å². The molecule has 0 amide bonds. The Hall–Kier alpha value is -0.130. The Morgan fingerprint density at radius 2 is 1.81 bits per heavy atom. The van der Waals surface area contributed by atoms with Crippen molar-refractivity contribution in [3.8, 4) is 0 Å². The zero-order valence-electron chi connectivity index (χ0n) is 9.56. The quantitative estimate of drug-likeness (QED) is 0.744. The van der Waals surface area contributed by atoms with Crippen LogP contribution in [0.5, 0.6) is 0 Å². The van der Waals surface area contributed by atoms with Gasteiger partial charge in [0.05, 0.1) is 17.6 Å². The molecule has 1 aliphatic carbocycles. The van der Waals surface area contributed by atoms with Crippen LogP contribution in [-0.2, 0) is 9.84 Å². The summed E-state index contributed by atoms with van der Waals surface area (Å²) in [5.41, 5.74) is 0. The highest BCUT2D eigenvalue weighted by Gasteiger charge is 2.29. The van der Waals surface area contributed by atoms with Crippen molar-refractivity contribution in [1.29, 1.82) is 0 Å². The van der Waals surface area contributed by atoms with E-state index in [1.54, 1.807) is 0 Å². The highest BCUT2D eigenvalue weighted by atomic mass is 32.2. The predicted molar refractivity (Wildman–Crippen MR) is 63.1 cm³/mol. The molecule has 1 aliphatic heterocycles. The number of sulfone groups is 1. The molecule has 0 spiro atoms. The second kappa shape index (κ2) is 5.02. The fourth-order valence-corrected chi connectivity index (χ4v) is 4.41. The van der Waals surface area contributed by atoms with E-state index in [1.165, 1.54) is 0 Å². The zero-order valence-corrected chi connectivity index (χ0v) is 10.4. The van der Waals surface area contributed by atoms with Gasteiger partial charge in [-0.15, -0.1) is 0 Å².